The first-order valence-corrected chi connectivity index (χ1v) is 9.78. The Hall–Kier alpha value is -1.41. The molecule has 1 saturated heterocycles. The summed E-state index contributed by atoms with van der Waals surface area (Å²) < 4.78 is 29.4. The fourth-order valence-electron chi connectivity index (χ4n) is 3.31. The quantitative estimate of drug-likeness (QED) is 0.870. The summed E-state index contributed by atoms with van der Waals surface area (Å²) in [7, 11) is -3.77. The van der Waals surface area contributed by atoms with Crippen LogP contribution >= 0.6 is 0 Å². The number of carbonyl (C=O) groups is 1. The monoisotopic (exact) mass is 357 g/mol. The van der Waals surface area contributed by atoms with E-state index in [0.717, 1.165) is 0 Å². The second-order valence-electron chi connectivity index (χ2n) is 7.11. The van der Waals surface area contributed by atoms with Crippen LogP contribution in [-0.4, -0.2) is 46.2 Å². The van der Waals surface area contributed by atoms with Crippen LogP contribution in [0.2, 0.25) is 0 Å². The van der Waals surface area contributed by atoms with Crippen molar-refractivity contribution >= 4 is 16.0 Å². The number of nitrogens with zero attached hydrogens (tertiary/aromatic N) is 3. The van der Waals surface area contributed by atoms with Crippen LogP contribution in [-0.2, 0) is 21.4 Å². The maximum absolute atomic E-state index is 13.2. The first kappa shape index (κ1) is 18.9. The molecule has 0 aliphatic carbocycles. The summed E-state index contributed by atoms with van der Waals surface area (Å²) in [6, 6.07) is -0.210. The Balaban J connectivity index is 2.42. The molecule has 2 unspecified atom stereocenters. The molecule has 0 radical (unpaired) electrons. The summed E-state index contributed by atoms with van der Waals surface area (Å²) in [6.45, 7) is 10.1. The minimum absolute atomic E-state index is 0.0209. The van der Waals surface area contributed by atoms with Crippen LogP contribution in [0.5, 0.6) is 0 Å². The molecule has 0 bridgehead atoms. The van der Waals surface area contributed by atoms with E-state index in [9.17, 15) is 18.3 Å². The van der Waals surface area contributed by atoms with Crippen molar-refractivity contribution in [1.82, 2.24) is 14.1 Å². The predicted octanol–water partition coefficient (Wildman–Crippen LogP) is 2.03. The van der Waals surface area contributed by atoms with Gasteiger partial charge in [-0.05, 0) is 39.5 Å². The first-order valence-electron chi connectivity index (χ1n) is 8.34. The van der Waals surface area contributed by atoms with Crippen LogP contribution in [0.15, 0.2) is 4.90 Å². The van der Waals surface area contributed by atoms with E-state index in [1.54, 1.807) is 18.5 Å². The van der Waals surface area contributed by atoms with E-state index in [0.29, 0.717) is 36.7 Å². The molecule has 1 aromatic rings. The molecule has 7 nitrogen and oxygen atoms in total. The Labute approximate surface area is 143 Å². The molecular formula is C16H27N3O4S. The standard InChI is InChI=1S/C16H27N3O4S/c1-10(2)8-18-13(5)15(12(4)17-18)24(22,23)19-9-14(16(20)21)7-6-11(19)3/h10-11,14H,6-9H2,1-5H3,(H,20,21). The van der Waals surface area contributed by atoms with Crippen LogP contribution in [0, 0.1) is 25.7 Å². The van der Waals surface area contributed by atoms with Crippen molar-refractivity contribution in [1.29, 1.82) is 0 Å². The number of aromatic nitrogens is 2. The van der Waals surface area contributed by atoms with Crippen molar-refractivity contribution in [3.63, 3.8) is 0 Å². The molecule has 1 aliphatic rings. The van der Waals surface area contributed by atoms with Crippen LogP contribution < -0.4 is 0 Å². The van der Waals surface area contributed by atoms with Crippen molar-refractivity contribution in [2.45, 2.75) is 64.9 Å². The van der Waals surface area contributed by atoms with E-state index in [1.165, 1.54) is 4.31 Å². The molecule has 2 atom stereocenters. The van der Waals surface area contributed by atoms with Gasteiger partial charge in [0.15, 0.2) is 0 Å². The first-order chi connectivity index (χ1) is 11.1. The second kappa shape index (κ2) is 6.84. The Kier molecular flexibility index (Phi) is 5.39. The van der Waals surface area contributed by atoms with Gasteiger partial charge in [-0.25, -0.2) is 8.42 Å². The summed E-state index contributed by atoms with van der Waals surface area (Å²) in [5.41, 5.74) is 1.09. The Bertz CT molecular complexity index is 724. The predicted molar refractivity (Wildman–Crippen MR) is 90.3 cm³/mol. The van der Waals surface area contributed by atoms with Crippen molar-refractivity contribution in [3.05, 3.63) is 11.4 Å². The van der Waals surface area contributed by atoms with Crippen LogP contribution in [0.3, 0.4) is 0 Å². The largest absolute Gasteiger partial charge is 0.481 e. The van der Waals surface area contributed by atoms with Crippen molar-refractivity contribution in [2.75, 3.05) is 6.54 Å². The van der Waals surface area contributed by atoms with Gasteiger partial charge in [-0.15, -0.1) is 0 Å². The summed E-state index contributed by atoms with van der Waals surface area (Å²) in [5.74, 6) is -1.24. The molecule has 0 amide bonds. The maximum Gasteiger partial charge on any atom is 0.307 e. The minimum Gasteiger partial charge on any atom is -0.481 e. The van der Waals surface area contributed by atoms with Gasteiger partial charge in [0.1, 0.15) is 4.90 Å². The molecule has 136 valence electrons. The van der Waals surface area contributed by atoms with Gasteiger partial charge in [0, 0.05) is 19.1 Å². The third-order valence-electron chi connectivity index (χ3n) is 4.59. The van der Waals surface area contributed by atoms with Gasteiger partial charge in [-0.2, -0.15) is 9.40 Å². The lowest BCUT2D eigenvalue weighted by Gasteiger charge is -2.35. The van der Waals surface area contributed by atoms with E-state index in [1.807, 2.05) is 6.92 Å². The molecule has 0 aromatic carbocycles. The van der Waals surface area contributed by atoms with Gasteiger partial charge >= 0.3 is 5.97 Å². The number of hydrogen-bond acceptors (Lipinski definition) is 4. The van der Waals surface area contributed by atoms with E-state index in [2.05, 4.69) is 18.9 Å². The molecule has 0 spiro atoms. The fraction of sp³-hybridized carbons (Fsp3) is 0.750. The molecule has 1 N–H and O–H groups in total. The zero-order chi connectivity index (χ0) is 18.2. The molecule has 24 heavy (non-hydrogen) atoms. The Morgan fingerprint density at radius 3 is 2.50 bits per heavy atom. The normalized spacial score (nSPS) is 22.9. The lowest BCUT2D eigenvalue weighted by molar-refractivity contribution is -0.143. The highest BCUT2D eigenvalue weighted by Gasteiger charge is 2.39. The summed E-state index contributed by atoms with van der Waals surface area (Å²) in [6.07, 6.45) is 1.06. The number of carboxylic acids is 1. The third-order valence-corrected chi connectivity index (χ3v) is 6.83. The number of hydrogen-bond donors (Lipinski definition) is 1. The average molecular weight is 357 g/mol. The van der Waals surface area contributed by atoms with Gasteiger partial charge in [-0.3, -0.25) is 9.48 Å². The highest BCUT2D eigenvalue weighted by molar-refractivity contribution is 7.89. The number of piperidine rings is 1. The van der Waals surface area contributed by atoms with Crippen molar-refractivity contribution in [2.24, 2.45) is 11.8 Å². The highest BCUT2D eigenvalue weighted by atomic mass is 32.2. The van der Waals surface area contributed by atoms with Crippen molar-refractivity contribution in [3.8, 4) is 0 Å². The van der Waals surface area contributed by atoms with Gasteiger partial charge in [0.2, 0.25) is 10.0 Å². The SMILES string of the molecule is Cc1nn(CC(C)C)c(C)c1S(=O)(=O)N1CC(C(=O)O)CCC1C. The van der Waals surface area contributed by atoms with Crippen LogP contribution in [0.4, 0.5) is 0 Å². The number of rotatable bonds is 5. The Morgan fingerprint density at radius 2 is 1.96 bits per heavy atom. The lowest BCUT2D eigenvalue weighted by Crippen LogP contribution is -2.47. The molecule has 0 saturated carbocycles. The topological polar surface area (TPSA) is 92.5 Å². The van der Waals surface area contributed by atoms with Gasteiger partial charge < -0.3 is 5.11 Å². The third kappa shape index (κ3) is 3.49. The summed E-state index contributed by atoms with van der Waals surface area (Å²) >= 11 is 0. The molecule has 2 rings (SSSR count). The molecule has 8 heteroatoms. The molecule has 1 aromatic heterocycles. The van der Waals surface area contributed by atoms with Crippen LogP contribution in [0.25, 0.3) is 0 Å². The maximum atomic E-state index is 13.2. The zero-order valence-electron chi connectivity index (χ0n) is 15.0. The molecule has 2 heterocycles. The second-order valence-corrected chi connectivity index (χ2v) is 8.94. The van der Waals surface area contributed by atoms with E-state index < -0.39 is 21.9 Å². The lowest BCUT2D eigenvalue weighted by atomic mass is 9.96. The summed E-state index contributed by atoms with van der Waals surface area (Å²) in [5, 5.41) is 13.6. The van der Waals surface area contributed by atoms with Gasteiger partial charge in [0.25, 0.3) is 0 Å². The highest BCUT2D eigenvalue weighted by Crippen LogP contribution is 2.31. The van der Waals surface area contributed by atoms with Crippen LogP contribution in [0.1, 0.15) is 45.0 Å². The van der Waals surface area contributed by atoms with Gasteiger partial charge in [-0.1, -0.05) is 13.8 Å². The smallest absolute Gasteiger partial charge is 0.307 e. The van der Waals surface area contributed by atoms with E-state index in [-0.39, 0.29) is 17.5 Å². The van der Waals surface area contributed by atoms with Gasteiger partial charge in [0.05, 0.1) is 17.3 Å². The number of aliphatic carboxylic acids is 1. The van der Waals surface area contributed by atoms with E-state index in [4.69, 9.17) is 0 Å². The van der Waals surface area contributed by atoms with E-state index >= 15 is 0 Å². The minimum atomic E-state index is -3.77. The summed E-state index contributed by atoms with van der Waals surface area (Å²) in [4.78, 5) is 11.5. The number of sulfonamides is 1. The number of aryl methyl sites for hydroxylation is 1. The van der Waals surface area contributed by atoms with Crippen molar-refractivity contribution < 1.29 is 18.3 Å². The Morgan fingerprint density at radius 1 is 1.33 bits per heavy atom. The number of carboxylic acid groups (broad SMARTS) is 1. The molecular weight excluding hydrogens is 330 g/mol. The molecule has 1 fully saturated rings. The average Bonchev–Trinajstić information content (AvgIpc) is 2.72. The zero-order valence-corrected chi connectivity index (χ0v) is 15.8. The fourth-order valence-corrected chi connectivity index (χ4v) is 5.39. The molecule has 1 aliphatic heterocycles.